The minimum atomic E-state index is -4.60. The molecule has 0 bridgehead atoms. The molecule has 43 heavy (non-hydrogen) atoms. The number of benzene rings is 1. The van der Waals surface area contributed by atoms with Gasteiger partial charge in [0.15, 0.2) is 9.84 Å². The van der Waals surface area contributed by atoms with E-state index in [9.17, 15) is 31.6 Å². The second-order valence-corrected chi connectivity index (χ2v) is 13.8. The van der Waals surface area contributed by atoms with Gasteiger partial charge in [-0.1, -0.05) is 31.0 Å². The third-order valence-corrected chi connectivity index (χ3v) is 10.2. The lowest BCUT2D eigenvalue weighted by molar-refractivity contribution is -0.141. The third kappa shape index (κ3) is 5.98. The molecule has 3 aromatic rings. The van der Waals surface area contributed by atoms with Crippen molar-refractivity contribution in [3.05, 3.63) is 54.0 Å². The number of rotatable bonds is 6. The zero-order valence-electron chi connectivity index (χ0n) is 23.2. The molecule has 1 saturated heterocycles. The molecule has 2 atom stereocenters. The van der Waals surface area contributed by atoms with Crippen molar-refractivity contribution in [3.8, 4) is 28.8 Å². The number of nitrogens with zero attached hydrogens (tertiary/aromatic N) is 4. The molecule has 2 aromatic heterocycles. The first kappa shape index (κ1) is 29.2. The van der Waals surface area contributed by atoms with Crippen LogP contribution >= 0.6 is 0 Å². The summed E-state index contributed by atoms with van der Waals surface area (Å²) in [5.74, 6) is -0.564. The van der Waals surface area contributed by atoms with Crippen LogP contribution in [0, 0.1) is 17.2 Å². The van der Waals surface area contributed by atoms with Crippen molar-refractivity contribution in [3.63, 3.8) is 0 Å². The van der Waals surface area contributed by atoms with Crippen molar-refractivity contribution < 1.29 is 30.8 Å². The molecule has 0 spiro atoms. The van der Waals surface area contributed by atoms with Crippen LogP contribution in [0.3, 0.4) is 0 Å². The molecular weight excluding hydrogens is 583 g/mol. The molecule has 1 aromatic carbocycles. The summed E-state index contributed by atoms with van der Waals surface area (Å²) in [7, 11) is -3.13. The smallest absolute Gasteiger partial charge is 0.433 e. The summed E-state index contributed by atoms with van der Waals surface area (Å²) >= 11 is 0. The topological polar surface area (TPSA) is 129 Å². The Balaban J connectivity index is 1.43. The predicted molar refractivity (Wildman–Crippen MR) is 151 cm³/mol. The number of hydrogen-bond donors (Lipinski definition) is 1. The number of halogens is 3. The number of oxazole rings is 1. The average molecular weight is 614 g/mol. The van der Waals surface area contributed by atoms with Crippen molar-refractivity contribution in [1.82, 2.24) is 15.3 Å². The van der Waals surface area contributed by atoms with Crippen molar-refractivity contribution in [2.75, 3.05) is 29.5 Å². The molecule has 2 aliphatic carbocycles. The van der Waals surface area contributed by atoms with Crippen molar-refractivity contribution in [1.29, 1.82) is 5.26 Å². The van der Waals surface area contributed by atoms with Gasteiger partial charge in [-0.05, 0) is 43.9 Å². The molecule has 3 fully saturated rings. The number of para-hydroxylation sites is 1. The van der Waals surface area contributed by atoms with E-state index in [1.807, 2.05) is 29.2 Å². The second kappa shape index (κ2) is 11.0. The average Bonchev–Trinajstić information content (AvgIpc) is 3.63. The fourth-order valence-corrected chi connectivity index (χ4v) is 7.17. The predicted octanol–water partition coefficient (Wildman–Crippen LogP) is 5.10. The zero-order chi connectivity index (χ0) is 30.4. The van der Waals surface area contributed by atoms with Gasteiger partial charge in [0.05, 0.1) is 23.1 Å². The van der Waals surface area contributed by atoms with Gasteiger partial charge >= 0.3 is 6.18 Å². The van der Waals surface area contributed by atoms with Gasteiger partial charge < -0.3 is 14.6 Å². The van der Waals surface area contributed by atoms with Crippen LogP contribution in [0.25, 0.3) is 22.7 Å². The number of anilines is 1. The Morgan fingerprint density at radius 2 is 1.81 bits per heavy atom. The van der Waals surface area contributed by atoms with Gasteiger partial charge in [-0.25, -0.2) is 13.4 Å². The van der Waals surface area contributed by atoms with Gasteiger partial charge in [-0.2, -0.15) is 18.4 Å². The Morgan fingerprint density at radius 3 is 2.47 bits per heavy atom. The molecule has 2 saturated carbocycles. The van der Waals surface area contributed by atoms with Crippen LogP contribution in [0.5, 0.6) is 0 Å². The molecule has 1 N–H and O–H groups in total. The second-order valence-electron chi connectivity index (χ2n) is 11.5. The van der Waals surface area contributed by atoms with Crippen LogP contribution in [-0.4, -0.2) is 54.4 Å². The van der Waals surface area contributed by atoms with Gasteiger partial charge in [-0.15, -0.1) is 0 Å². The lowest BCUT2D eigenvalue weighted by atomic mass is 9.76. The van der Waals surface area contributed by atoms with Crippen molar-refractivity contribution >= 4 is 21.4 Å². The number of nitrogens with one attached hydrogen (secondary N) is 1. The fraction of sp³-hybridized carbons (Fsp3) is 0.467. The molecule has 3 heterocycles. The lowest BCUT2D eigenvalue weighted by Gasteiger charge is -2.32. The molecule has 3 aliphatic rings. The summed E-state index contributed by atoms with van der Waals surface area (Å²) in [4.78, 5) is 23.8. The Labute approximate surface area is 247 Å². The number of sulfone groups is 1. The summed E-state index contributed by atoms with van der Waals surface area (Å²) in [5, 5.41) is 12.5. The fourth-order valence-electron chi connectivity index (χ4n) is 5.97. The Kier molecular flexibility index (Phi) is 7.44. The van der Waals surface area contributed by atoms with E-state index in [1.165, 1.54) is 6.07 Å². The summed E-state index contributed by atoms with van der Waals surface area (Å²) in [6, 6.07) is 11.7. The number of pyridine rings is 1. The quantitative estimate of drug-likeness (QED) is 0.407. The Bertz CT molecular complexity index is 1660. The van der Waals surface area contributed by atoms with Crippen LogP contribution in [0.15, 0.2) is 47.0 Å². The lowest BCUT2D eigenvalue weighted by Crippen LogP contribution is -2.42. The first-order valence-electron chi connectivity index (χ1n) is 14.3. The van der Waals surface area contributed by atoms with Crippen molar-refractivity contribution in [2.45, 2.75) is 56.2 Å². The minimum Gasteiger partial charge on any atom is -0.440 e. The normalized spacial score (nSPS) is 22.9. The number of nitriles is 1. The number of alkyl halides is 3. The summed E-state index contributed by atoms with van der Waals surface area (Å²) in [5.41, 5.74) is 0.255. The maximum Gasteiger partial charge on any atom is 0.433 e. The van der Waals surface area contributed by atoms with Crippen LogP contribution in [0.1, 0.15) is 55.9 Å². The van der Waals surface area contributed by atoms with Gasteiger partial charge in [0.2, 0.25) is 11.8 Å². The number of hydrogen-bond acceptors (Lipinski definition) is 8. The van der Waals surface area contributed by atoms with Gasteiger partial charge in [0.25, 0.3) is 0 Å². The monoisotopic (exact) mass is 613 g/mol. The van der Waals surface area contributed by atoms with E-state index in [2.05, 4.69) is 16.4 Å². The van der Waals surface area contributed by atoms with Crippen LogP contribution in [0.4, 0.5) is 18.9 Å². The molecule has 13 heteroatoms. The minimum absolute atomic E-state index is 0.0149. The number of aromatic nitrogens is 2. The van der Waals surface area contributed by atoms with Gasteiger partial charge in [0.1, 0.15) is 22.7 Å². The number of carbonyl (C=O) groups excluding carboxylic acids is 1. The van der Waals surface area contributed by atoms with E-state index >= 15 is 0 Å². The van der Waals surface area contributed by atoms with E-state index in [0.29, 0.717) is 55.8 Å². The first-order valence-corrected chi connectivity index (χ1v) is 16.1. The standard InChI is InChI=1S/C30H30F3N5O4S/c31-30(32,33)24-10-9-19(17-35-24)28-36-25(22-7-3-4-8-23(22)38-13-15-43(40,41)16-14-38)26(42-28)20-5-1-2-6-21(20)27(39)37-29(18-34)11-12-29/h3-4,7-10,17,20-21H,1-2,5-6,11-16H2,(H,37,39)/t20-,21-/m1/s1. The number of amides is 1. The van der Waals surface area contributed by atoms with Crippen LogP contribution < -0.4 is 10.2 Å². The van der Waals surface area contributed by atoms with E-state index in [4.69, 9.17) is 9.40 Å². The summed E-state index contributed by atoms with van der Waals surface area (Å²) in [6.07, 6.45) is 0.534. The van der Waals surface area contributed by atoms with E-state index in [1.54, 1.807) is 0 Å². The first-order chi connectivity index (χ1) is 20.5. The highest BCUT2D eigenvalue weighted by atomic mass is 32.2. The summed E-state index contributed by atoms with van der Waals surface area (Å²) in [6.45, 7) is 0.597. The van der Waals surface area contributed by atoms with E-state index in [0.717, 1.165) is 30.8 Å². The highest BCUT2D eigenvalue weighted by Crippen LogP contribution is 2.46. The summed E-state index contributed by atoms with van der Waals surface area (Å²) < 4.78 is 70.2. The molecule has 0 unspecified atom stereocenters. The Morgan fingerprint density at radius 1 is 1.09 bits per heavy atom. The number of carbonyl (C=O) groups is 1. The highest BCUT2D eigenvalue weighted by Gasteiger charge is 2.47. The highest BCUT2D eigenvalue weighted by molar-refractivity contribution is 7.91. The molecule has 0 radical (unpaired) electrons. The Hall–Kier alpha value is -3.92. The largest absolute Gasteiger partial charge is 0.440 e. The van der Waals surface area contributed by atoms with E-state index in [-0.39, 0.29) is 28.9 Å². The molecule has 9 nitrogen and oxygen atoms in total. The van der Waals surface area contributed by atoms with Crippen LogP contribution in [-0.2, 0) is 20.8 Å². The third-order valence-electron chi connectivity index (χ3n) is 8.56. The molecule has 226 valence electrons. The van der Waals surface area contributed by atoms with Gasteiger partial charge in [0, 0.05) is 42.4 Å². The maximum absolute atomic E-state index is 13.5. The zero-order valence-corrected chi connectivity index (χ0v) is 24.0. The molecule has 6 rings (SSSR count). The van der Waals surface area contributed by atoms with Gasteiger partial charge in [-0.3, -0.25) is 9.78 Å². The SMILES string of the molecule is N#CC1(NC(=O)[C@@H]2CCCC[C@H]2c2oc(-c3ccc(C(F)(F)F)nc3)nc2-c2ccccc2N2CCS(=O)(=O)CC2)CC1. The molecule has 1 aliphatic heterocycles. The maximum atomic E-state index is 13.5. The van der Waals surface area contributed by atoms with Crippen molar-refractivity contribution in [2.24, 2.45) is 5.92 Å². The van der Waals surface area contributed by atoms with Crippen LogP contribution in [0.2, 0.25) is 0 Å². The molecular formula is C30H30F3N5O4S. The van der Waals surface area contributed by atoms with E-state index < -0.39 is 39.1 Å². The molecule has 1 amide bonds.